The summed E-state index contributed by atoms with van der Waals surface area (Å²) in [7, 11) is 0. The van der Waals surface area contributed by atoms with Crippen LogP contribution in [0.15, 0.2) is 66.7 Å². The van der Waals surface area contributed by atoms with Gasteiger partial charge in [0.15, 0.2) is 0 Å². The molecule has 3 nitrogen and oxygen atoms in total. The van der Waals surface area contributed by atoms with Gasteiger partial charge in [-0.05, 0) is 151 Å². The minimum atomic E-state index is 0.328. The maximum absolute atomic E-state index is 11.0. The summed E-state index contributed by atoms with van der Waals surface area (Å²) in [4.78, 5) is 11.0. The molecule has 2 aliphatic carbocycles. The first-order valence-corrected chi connectivity index (χ1v) is 17.6. The fourth-order valence-corrected chi connectivity index (χ4v) is 7.68. The van der Waals surface area contributed by atoms with E-state index in [1.807, 2.05) is 18.2 Å². The van der Waals surface area contributed by atoms with Gasteiger partial charge in [-0.25, -0.2) is 0 Å². The average molecular weight is 621 g/mol. The third-order valence-corrected chi connectivity index (χ3v) is 10.7. The highest BCUT2D eigenvalue weighted by atomic mass is 16.5. The van der Waals surface area contributed by atoms with E-state index in [1.54, 1.807) is 0 Å². The summed E-state index contributed by atoms with van der Waals surface area (Å²) in [6.07, 6.45) is 11.4. The predicted octanol–water partition coefficient (Wildman–Crippen LogP) is 12.1. The normalized spacial score (nSPS) is 22.2. The average Bonchev–Trinajstić information content (AvgIpc) is 3.01. The summed E-state index contributed by atoms with van der Waals surface area (Å²) in [5, 5.41) is 4.87. The second-order valence-electron chi connectivity index (χ2n) is 16.2. The van der Waals surface area contributed by atoms with Crippen molar-refractivity contribution in [1.29, 1.82) is 0 Å². The van der Waals surface area contributed by atoms with Gasteiger partial charge in [0.1, 0.15) is 17.8 Å². The van der Waals surface area contributed by atoms with Crippen molar-refractivity contribution in [1.82, 2.24) is 0 Å². The third kappa shape index (κ3) is 8.52. The zero-order chi connectivity index (χ0) is 33.1. The van der Waals surface area contributed by atoms with Crippen LogP contribution < -0.4 is 9.47 Å². The van der Waals surface area contributed by atoms with Crippen LogP contribution in [0.1, 0.15) is 114 Å². The fraction of sp³-hybridized carbons (Fsp3) is 0.512. The van der Waals surface area contributed by atoms with Crippen molar-refractivity contribution >= 4 is 27.8 Å². The Morgan fingerprint density at radius 2 is 1.02 bits per heavy atom. The van der Waals surface area contributed by atoms with Crippen LogP contribution in [0, 0.1) is 36.5 Å². The second-order valence-corrected chi connectivity index (χ2v) is 16.2. The lowest BCUT2D eigenvalue weighted by molar-refractivity contribution is 0.0880. The van der Waals surface area contributed by atoms with Crippen LogP contribution in [0.25, 0.3) is 21.5 Å². The number of aldehydes is 1. The molecule has 0 bridgehead atoms. The Kier molecular flexibility index (Phi) is 10.5. The first-order chi connectivity index (χ1) is 21.8. The SMILES string of the molecule is Cc1cc(OC2CCC(C(C)(C)C)CC2)cc2ccc(C=O)cc12.Cc1cc(OC2CCC(C(C)(C)C)CC2)cc2ccccc12. The maximum Gasteiger partial charge on any atom is 0.150 e. The zero-order valence-electron chi connectivity index (χ0n) is 29.6. The highest BCUT2D eigenvalue weighted by Crippen LogP contribution is 2.40. The van der Waals surface area contributed by atoms with Crippen LogP contribution in [0.5, 0.6) is 11.5 Å². The van der Waals surface area contributed by atoms with Gasteiger partial charge in [0.05, 0.1) is 12.2 Å². The Bertz CT molecular complexity index is 1620. The van der Waals surface area contributed by atoms with Gasteiger partial charge in [-0.15, -0.1) is 0 Å². The Morgan fingerprint density at radius 3 is 1.50 bits per heavy atom. The first-order valence-electron chi connectivity index (χ1n) is 17.6. The molecular weight excluding hydrogens is 564 g/mol. The van der Waals surface area contributed by atoms with E-state index >= 15 is 0 Å². The highest BCUT2D eigenvalue weighted by Gasteiger charge is 2.31. The smallest absolute Gasteiger partial charge is 0.150 e. The van der Waals surface area contributed by atoms with Crippen molar-refractivity contribution < 1.29 is 14.3 Å². The predicted molar refractivity (Wildman–Crippen MR) is 194 cm³/mol. The molecule has 0 N–H and O–H groups in total. The molecule has 0 heterocycles. The van der Waals surface area contributed by atoms with Crippen molar-refractivity contribution in [2.75, 3.05) is 0 Å². The fourth-order valence-electron chi connectivity index (χ4n) is 7.68. The lowest BCUT2D eigenvalue weighted by Crippen LogP contribution is -2.30. The molecule has 3 heteroatoms. The monoisotopic (exact) mass is 620 g/mol. The molecule has 0 aromatic heterocycles. The molecule has 0 saturated heterocycles. The number of ether oxygens (including phenoxy) is 2. The minimum absolute atomic E-state index is 0.328. The van der Waals surface area contributed by atoms with E-state index in [-0.39, 0.29) is 0 Å². The molecule has 2 aliphatic rings. The van der Waals surface area contributed by atoms with Crippen molar-refractivity contribution in [3.8, 4) is 11.5 Å². The molecule has 2 saturated carbocycles. The van der Waals surface area contributed by atoms with Crippen LogP contribution in [0.3, 0.4) is 0 Å². The molecule has 0 unspecified atom stereocenters. The van der Waals surface area contributed by atoms with E-state index in [9.17, 15) is 4.79 Å². The largest absolute Gasteiger partial charge is 0.490 e. The summed E-state index contributed by atoms with van der Waals surface area (Å²) in [6.45, 7) is 18.4. The minimum Gasteiger partial charge on any atom is -0.490 e. The molecule has 246 valence electrons. The molecular formula is C43H56O3. The molecule has 0 aliphatic heterocycles. The van der Waals surface area contributed by atoms with Crippen molar-refractivity contribution in [3.05, 3.63) is 83.4 Å². The Hall–Kier alpha value is -3.33. The van der Waals surface area contributed by atoms with Crippen LogP contribution in [-0.4, -0.2) is 18.5 Å². The maximum atomic E-state index is 11.0. The number of carbonyl (C=O) groups excluding carboxylic acids is 1. The number of rotatable bonds is 5. The van der Waals surface area contributed by atoms with Crippen LogP contribution >= 0.6 is 0 Å². The molecule has 0 radical (unpaired) electrons. The topological polar surface area (TPSA) is 35.5 Å². The molecule has 2 fully saturated rings. The molecule has 0 spiro atoms. The van der Waals surface area contributed by atoms with E-state index in [0.29, 0.717) is 23.0 Å². The number of fused-ring (bicyclic) bond motifs is 2. The number of hydrogen-bond donors (Lipinski definition) is 0. The summed E-state index contributed by atoms with van der Waals surface area (Å²) < 4.78 is 12.6. The van der Waals surface area contributed by atoms with Gasteiger partial charge in [0, 0.05) is 5.56 Å². The summed E-state index contributed by atoms with van der Waals surface area (Å²) >= 11 is 0. The quantitative estimate of drug-likeness (QED) is 0.208. The van der Waals surface area contributed by atoms with E-state index in [4.69, 9.17) is 9.47 Å². The van der Waals surface area contributed by atoms with E-state index in [0.717, 1.165) is 64.4 Å². The highest BCUT2D eigenvalue weighted by molar-refractivity contribution is 5.92. The van der Waals surface area contributed by atoms with Crippen molar-refractivity contribution in [2.24, 2.45) is 22.7 Å². The summed E-state index contributed by atoms with van der Waals surface area (Å²) in [5.41, 5.74) is 4.02. The van der Waals surface area contributed by atoms with Crippen LogP contribution in [-0.2, 0) is 0 Å². The van der Waals surface area contributed by atoms with E-state index < -0.39 is 0 Å². The van der Waals surface area contributed by atoms with Crippen molar-refractivity contribution in [2.45, 2.75) is 119 Å². The molecule has 6 rings (SSSR count). The van der Waals surface area contributed by atoms with Crippen LogP contribution in [0.4, 0.5) is 0 Å². The Labute approximate surface area is 278 Å². The van der Waals surface area contributed by atoms with E-state index in [2.05, 4.69) is 104 Å². The Morgan fingerprint density at radius 1 is 0.565 bits per heavy atom. The van der Waals surface area contributed by atoms with Gasteiger partial charge in [0.2, 0.25) is 0 Å². The van der Waals surface area contributed by atoms with Crippen molar-refractivity contribution in [3.63, 3.8) is 0 Å². The standard InChI is InChI=1S/C22H28O2.C21H28O/c1-15-11-20(13-17-6-5-16(14-23)12-21(15)17)24-19-9-7-18(8-10-19)22(2,3)4;1-15-13-19(14-16-7-5-6-8-20(15)16)22-18-11-9-17(10-12-18)21(2,3)4/h5-6,11-14,18-19H,7-10H2,1-4H3;5-8,13-14,17-18H,9-12H2,1-4H3. The van der Waals surface area contributed by atoms with E-state index in [1.165, 1.54) is 54.9 Å². The van der Waals surface area contributed by atoms with Crippen LogP contribution in [0.2, 0.25) is 0 Å². The molecule has 0 amide bonds. The third-order valence-electron chi connectivity index (χ3n) is 10.7. The number of hydrogen-bond acceptors (Lipinski definition) is 3. The lowest BCUT2D eigenvalue weighted by atomic mass is 9.72. The number of carbonyl (C=O) groups is 1. The van der Waals surface area contributed by atoms with Gasteiger partial charge in [-0.3, -0.25) is 4.79 Å². The molecule has 46 heavy (non-hydrogen) atoms. The van der Waals surface area contributed by atoms with Gasteiger partial charge in [0.25, 0.3) is 0 Å². The Balaban J connectivity index is 0.000000182. The summed E-state index contributed by atoms with van der Waals surface area (Å²) in [6, 6.07) is 23.0. The molecule has 4 aromatic carbocycles. The molecule has 4 aromatic rings. The first kappa shape index (κ1) is 34.0. The zero-order valence-corrected chi connectivity index (χ0v) is 29.6. The van der Waals surface area contributed by atoms with Gasteiger partial charge < -0.3 is 9.47 Å². The lowest BCUT2D eigenvalue weighted by Gasteiger charge is -2.37. The van der Waals surface area contributed by atoms with Gasteiger partial charge in [-0.1, -0.05) is 77.9 Å². The van der Waals surface area contributed by atoms with Gasteiger partial charge >= 0.3 is 0 Å². The summed E-state index contributed by atoms with van der Waals surface area (Å²) in [5.74, 6) is 3.64. The molecule has 0 atom stereocenters. The number of benzene rings is 4. The second kappa shape index (κ2) is 14.2. The number of aryl methyl sites for hydroxylation is 2. The van der Waals surface area contributed by atoms with Gasteiger partial charge in [-0.2, -0.15) is 0 Å².